The smallest absolute Gasteiger partial charge is 0.242 e. The normalized spacial score (nSPS) is 16.6. The van der Waals surface area contributed by atoms with Gasteiger partial charge in [-0.15, -0.1) is 11.3 Å². The van der Waals surface area contributed by atoms with Gasteiger partial charge in [-0.3, -0.25) is 4.79 Å². The van der Waals surface area contributed by atoms with Crippen molar-refractivity contribution >= 4 is 55.9 Å². The van der Waals surface area contributed by atoms with Gasteiger partial charge in [0.25, 0.3) is 0 Å². The second kappa shape index (κ2) is 8.41. The van der Waals surface area contributed by atoms with Crippen molar-refractivity contribution in [1.29, 1.82) is 0 Å². The number of aromatic nitrogens is 5. The molecule has 34 heavy (non-hydrogen) atoms. The van der Waals surface area contributed by atoms with Crippen LogP contribution in [0.3, 0.4) is 0 Å². The fourth-order valence-corrected chi connectivity index (χ4v) is 5.62. The lowest BCUT2D eigenvalue weighted by Gasteiger charge is -2.40. The highest BCUT2D eigenvalue weighted by molar-refractivity contribution is 7.14. The molecule has 0 saturated carbocycles. The minimum absolute atomic E-state index is 0.0699. The molecular weight excluding hydrogens is 470 g/mol. The molecule has 0 bridgehead atoms. The number of thiazole rings is 1. The largest absolute Gasteiger partial charge is 0.358 e. The van der Waals surface area contributed by atoms with Crippen molar-refractivity contribution in [3.63, 3.8) is 0 Å². The number of hydrogen-bond acceptors (Lipinski definition) is 6. The van der Waals surface area contributed by atoms with Crippen LogP contribution < -0.4 is 4.90 Å². The van der Waals surface area contributed by atoms with E-state index in [1.165, 1.54) is 0 Å². The van der Waals surface area contributed by atoms with E-state index < -0.39 is 0 Å². The number of carbonyl (C=O) groups excluding carboxylic acids is 1. The number of nitrogens with one attached hydrogen (secondary N) is 1. The van der Waals surface area contributed by atoms with Gasteiger partial charge in [0.05, 0.1) is 16.5 Å². The van der Waals surface area contributed by atoms with E-state index in [9.17, 15) is 4.79 Å². The summed E-state index contributed by atoms with van der Waals surface area (Å²) in [5, 5.41) is 2.77. The van der Waals surface area contributed by atoms with Crippen molar-refractivity contribution in [3.05, 3.63) is 59.3 Å². The molecule has 172 valence electrons. The minimum Gasteiger partial charge on any atom is -0.358 e. The SMILES string of the molecule is CC1CN(c2scnc2-c2nc3ccc(Cl)cc3[nH]2)CCN1C(=O)Cn1ccc2cccnc21. The molecule has 8 nitrogen and oxygen atoms in total. The third-order valence-electron chi connectivity index (χ3n) is 6.28. The zero-order valence-electron chi connectivity index (χ0n) is 18.5. The molecule has 1 saturated heterocycles. The molecule has 1 unspecified atom stereocenters. The van der Waals surface area contributed by atoms with Crippen LogP contribution in [0.25, 0.3) is 33.6 Å². The van der Waals surface area contributed by atoms with E-state index in [2.05, 4.69) is 26.8 Å². The highest BCUT2D eigenvalue weighted by Crippen LogP contribution is 2.34. The predicted octanol–water partition coefficient (Wildman–Crippen LogP) is 4.43. The number of nitrogens with zero attached hydrogens (tertiary/aromatic N) is 6. The average Bonchev–Trinajstić information content (AvgIpc) is 3.57. The van der Waals surface area contributed by atoms with Gasteiger partial charge in [0, 0.05) is 48.5 Å². The van der Waals surface area contributed by atoms with E-state index in [0.29, 0.717) is 11.6 Å². The Morgan fingerprint density at radius 1 is 1.24 bits per heavy atom. The number of halogens is 1. The number of pyridine rings is 1. The van der Waals surface area contributed by atoms with Gasteiger partial charge in [-0.2, -0.15) is 0 Å². The number of amides is 1. The third kappa shape index (κ3) is 3.70. The fourth-order valence-electron chi connectivity index (χ4n) is 4.62. The van der Waals surface area contributed by atoms with Gasteiger partial charge in [-0.25, -0.2) is 15.0 Å². The predicted molar refractivity (Wildman–Crippen MR) is 135 cm³/mol. The van der Waals surface area contributed by atoms with Crippen molar-refractivity contribution in [2.24, 2.45) is 0 Å². The Kier molecular flexibility index (Phi) is 5.23. The maximum atomic E-state index is 13.2. The molecular formula is C24H22ClN7OS. The fraction of sp³-hybridized carbons (Fsp3) is 0.250. The number of aromatic amines is 1. The first-order chi connectivity index (χ1) is 16.6. The van der Waals surface area contributed by atoms with E-state index in [4.69, 9.17) is 16.6 Å². The Balaban J connectivity index is 1.19. The highest BCUT2D eigenvalue weighted by atomic mass is 35.5. The molecule has 1 aromatic carbocycles. The maximum Gasteiger partial charge on any atom is 0.242 e. The summed E-state index contributed by atoms with van der Waals surface area (Å²) in [6.45, 7) is 4.51. The average molecular weight is 492 g/mol. The molecule has 6 rings (SSSR count). The molecule has 5 heterocycles. The van der Waals surface area contributed by atoms with Gasteiger partial charge in [-0.05, 0) is 43.3 Å². The van der Waals surface area contributed by atoms with E-state index in [1.54, 1.807) is 17.5 Å². The Morgan fingerprint density at radius 3 is 3.03 bits per heavy atom. The number of anilines is 1. The molecule has 1 aliphatic rings. The van der Waals surface area contributed by atoms with E-state index in [-0.39, 0.29) is 18.5 Å². The van der Waals surface area contributed by atoms with Crippen LogP contribution >= 0.6 is 22.9 Å². The molecule has 5 aromatic rings. The number of rotatable bonds is 4. The van der Waals surface area contributed by atoms with Crippen LogP contribution in [0.15, 0.2) is 54.3 Å². The quantitative estimate of drug-likeness (QED) is 0.402. The summed E-state index contributed by atoms with van der Waals surface area (Å²) >= 11 is 7.72. The molecule has 1 atom stereocenters. The van der Waals surface area contributed by atoms with Gasteiger partial charge in [-0.1, -0.05) is 11.6 Å². The van der Waals surface area contributed by atoms with Gasteiger partial charge >= 0.3 is 0 Å². The van der Waals surface area contributed by atoms with Gasteiger partial charge in [0.2, 0.25) is 5.91 Å². The molecule has 1 aliphatic heterocycles. The van der Waals surface area contributed by atoms with Crippen molar-refractivity contribution in [2.75, 3.05) is 24.5 Å². The number of benzene rings is 1. The second-order valence-corrected chi connectivity index (χ2v) is 9.76. The lowest BCUT2D eigenvalue weighted by molar-refractivity contribution is -0.134. The third-order valence-corrected chi connectivity index (χ3v) is 7.40. The van der Waals surface area contributed by atoms with E-state index >= 15 is 0 Å². The summed E-state index contributed by atoms with van der Waals surface area (Å²) in [6, 6.07) is 11.6. The van der Waals surface area contributed by atoms with Gasteiger partial charge in [0.1, 0.15) is 22.9 Å². The monoisotopic (exact) mass is 491 g/mol. The number of carbonyl (C=O) groups is 1. The Morgan fingerprint density at radius 2 is 2.15 bits per heavy atom. The van der Waals surface area contributed by atoms with E-state index in [1.807, 2.05) is 57.6 Å². The Hall–Kier alpha value is -3.43. The van der Waals surface area contributed by atoms with Crippen LogP contribution in [0.1, 0.15) is 6.92 Å². The molecule has 0 radical (unpaired) electrons. The summed E-state index contributed by atoms with van der Waals surface area (Å²) in [5.74, 6) is 0.834. The molecule has 4 aromatic heterocycles. The first-order valence-electron chi connectivity index (χ1n) is 11.1. The number of piperazine rings is 1. The molecule has 1 amide bonds. The summed E-state index contributed by atoms with van der Waals surface area (Å²) in [6.07, 6.45) is 3.69. The van der Waals surface area contributed by atoms with Crippen LogP contribution in [0, 0.1) is 0 Å². The topological polar surface area (TPSA) is 82.9 Å². The zero-order chi connectivity index (χ0) is 23.2. The maximum absolute atomic E-state index is 13.2. The highest BCUT2D eigenvalue weighted by Gasteiger charge is 2.30. The molecule has 0 spiro atoms. The Bertz CT molecular complexity index is 1510. The van der Waals surface area contributed by atoms with Crippen LogP contribution in [0.4, 0.5) is 5.00 Å². The first kappa shape index (κ1) is 21.1. The van der Waals surface area contributed by atoms with Crippen molar-refractivity contribution in [3.8, 4) is 11.5 Å². The van der Waals surface area contributed by atoms with E-state index in [0.717, 1.165) is 51.7 Å². The molecule has 1 fully saturated rings. The van der Waals surface area contributed by atoms with Crippen molar-refractivity contribution < 1.29 is 4.79 Å². The first-order valence-corrected chi connectivity index (χ1v) is 12.4. The van der Waals surface area contributed by atoms with Crippen molar-refractivity contribution in [1.82, 2.24) is 29.4 Å². The van der Waals surface area contributed by atoms with Crippen molar-refractivity contribution in [2.45, 2.75) is 19.5 Å². The lowest BCUT2D eigenvalue weighted by Crippen LogP contribution is -2.54. The summed E-state index contributed by atoms with van der Waals surface area (Å²) in [7, 11) is 0. The number of H-pyrrole nitrogens is 1. The standard InChI is InChI=1S/C24H22ClN7OS/c1-15-12-31(9-10-32(15)20(33)13-30-8-6-16-3-2-7-26-23(16)30)24-21(27-14-34-24)22-28-18-5-4-17(25)11-19(18)29-22/h2-8,11,14-15H,9-10,12-13H2,1H3,(H,28,29). The van der Waals surface area contributed by atoms with Crippen LogP contribution in [0.5, 0.6) is 0 Å². The summed E-state index contributed by atoms with van der Waals surface area (Å²) < 4.78 is 1.92. The number of fused-ring (bicyclic) bond motifs is 2. The lowest BCUT2D eigenvalue weighted by atomic mass is 10.2. The molecule has 0 aliphatic carbocycles. The Labute approximate surface area is 204 Å². The molecule has 1 N–H and O–H groups in total. The zero-order valence-corrected chi connectivity index (χ0v) is 20.1. The number of hydrogen-bond donors (Lipinski definition) is 1. The summed E-state index contributed by atoms with van der Waals surface area (Å²) in [4.78, 5) is 34.5. The minimum atomic E-state index is 0.0699. The van der Waals surface area contributed by atoms with Gasteiger partial charge < -0.3 is 19.4 Å². The second-order valence-electron chi connectivity index (χ2n) is 8.50. The molecule has 10 heteroatoms. The number of imidazole rings is 1. The summed E-state index contributed by atoms with van der Waals surface area (Å²) in [5.41, 5.74) is 5.25. The van der Waals surface area contributed by atoms with Crippen LogP contribution in [-0.2, 0) is 11.3 Å². The van der Waals surface area contributed by atoms with Gasteiger partial charge in [0.15, 0.2) is 5.82 Å². The van der Waals surface area contributed by atoms with Crippen LogP contribution in [0.2, 0.25) is 5.02 Å². The van der Waals surface area contributed by atoms with Crippen LogP contribution in [-0.4, -0.2) is 61.0 Å².